The van der Waals surface area contributed by atoms with Crippen LogP contribution in [0.3, 0.4) is 0 Å². The van der Waals surface area contributed by atoms with Crippen LogP contribution in [0, 0.1) is 6.92 Å². The Kier molecular flexibility index (Phi) is 5.57. The molecule has 0 saturated heterocycles. The quantitative estimate of drug-likeness (QED) is 0.652. The van der Waals surface area contributed by atoms with Crippen molar-refractivity contribution in [2.24, 2.45) is 0 Å². The number of nitrogens with zero attached hydrogens (tertiary/aromatic N) is 1. The molecule has 2 aromatic carbocycles. The number of sulfonamides is 1. The van der Waals surface area contributed by atoms with E-state index in [-0.39, 0.29) is 15.9 Å². The number of hydrogen-bond donors (Lipinski definition) is 2. The summed E-state index contributed by atoms with van der Waals surface area (Å²) in [4.78, 5) is 17.3. The van der Waals surface area contributed by atoms with Crippen LogP contribution in [0.25, 0.3) is 0 Å². The number of carbonyl (C=O) groups excluding carboxylic acids is 1. The van der Waals surface area contributed by atoms with Gasteiger partial charge >= 0.3 is 0 Å². The summed E-state index contributed by atoms with van der Waals surface area (Å²) in [6, 6.07) is 15.6. The molecule has 8 heteroatoms. The van der Waals surface area contributed by atoms with Crippen molar-refractivity contribution in [2.75, 3.05) is 10.0 Å². The van der Waals surface area contributed by atoms with Crippen molar-refractivity contribution in [3.05, 3.63) is 70.7 Å². The Morgan fingerprint density at radius 1 is 1.07 bits per heavy atom. The summed E-state index contributed by atoms with van der Waals surface area (Å²) < 4.78 is 27.3. The number of benzene rings is 2. The van der Waals surface area contributed by atoms with Crippen LogP contribution in [0.1, 0.15) is 27.9 Å². The van der Waals surface area contributed by atoms with Crippen molar-refractivity contribution in [3.63, 3.8) is 0 Å². The maximum atomic E-state index is 12.6. The molecule has 2 N–H and O–H groups in total. The number of hydrogen-bond acceptors (Lipinski definition) is 5. The second-order valence-electron chi connectivity index (χ2n) is 5.82. The fraction of sp³-hybridized carbons (Fsp3) is 0.158. The van der Waals surface area contributed by atoms with E-state index in [2.05, 4.69) is 15.0 Å². The molecule has 1 heterocycles. The fourth-order valence-corrected chi connectivity index (χ4v) is 4.67. The lowest BCUT2D eigenvalue weighted by Crippen LogP contribution is -2.13. The topological polar surface area (TPSA) is 88.2 Å². The highest BCUT2D eigenvalue weighted by Gasteiger charge is 2.20. The Hall–Kier alpha value is -2.71. The molecule has 0 aliphatic carbocycles. The summed E-state index contributed by atoms with van der Waals surface area (Å²) in [5.74, 6) is -0.309. The molecule has 3 rings (SSSR count). The third-order valence-electron chi connectivity index (χ3n) is 3.92. The molecule has 0 aliphatic rings. The lowest BCUT2D eigenvalue weighted by atomic mass is 10.1. The van der Waals surface area contributed by atoms with Crippen LogP contribution in [0.15, 0.2) is 59.5 Å². The average molecular weight is 402 g/mol. The van der Waals surface area contributed by atoms with Gasteiger partial charge in [0, 0.05) is 5.69 Å². The number of amides is 1. The first-order chi connectivity index (χ1) is 12.9. The van der Waals surface area contributed by atoms with Gasteiger partial charge in [-0.3, -0.25) is 9.52 Å². The molecule has 0 aliphatic heterocycles. The maximum Gasteiger partial charge on any atom is 0.267 e. The Morgan fingerprint density at radius 3 is 2.44 bits per heavy atom. The van der Waals surface area contributed by atoms with Gasteiger partial charge in [0.2, 0.25) is 0 Å². The molecule has 3 aromatic rings. The number of aryl methyl sites for hydroxylation is 2. The van der Waals surface area contributed by atoms with Gasteiger partial charge in [-0.25, -0.2) is 13.4 Å². The van der Waals surface area contributed by atoms with Crippen LogP contribution >= 0.6 is 11.3 Å². The number of aromatic nitrogens is 1. The van der Waals surface area contributed by atoms with Crippen LogP contribution in [0.5, 0.6) is 0 Å². The van der Waals surface area contributed by atoms with E-state index in [1.54, 1.807) is 25.1 Å². The van der Waals surface area contributed by atoms with E-state index in [0.29, 0.717) is 10.6 Å². The number of nitrogens with one attached hydrogen (secondary N) is 2. The van der Waals surface area contributed by atoms with Gasteiger partial charge in [-0.1, -0.05) is 54.7 Å². The average Bonchev–Trinajstić information content (AvgIpc) is 3.02. The fourth-order valence-electron chi connectivity index (χ4n) is 2.55. The molecule has 0 saturated carbocycles. The van der Waals surface area contributed by atoms with Crippen molar-refractivity contribution in [1.29, 1.82) is 0 Å². The predicted octanol–water partition coefficient (Wildman–Crippen LogP) is 4.07. The lowest BCUT2D eigenvalue weighted by molar-refractivity contribution is 0.102. The van der Waals surface area contributed by atoms with E-state index in [4.69, 9.17) is 0 Å². The van der Waals surface area contributed by atoms with Gasteiger partial charge in [0.15, 0.2) is 5.13 Å². The summed E-state index contributed by atoms with van der Waals surface area (Å²) in [6.45, 7) is 3.69. The van der Waals surface area contributed by atoms with Crippen molar-refractivity contribution in [3.8, 4) is 0 Å². The number of anilines is 2. The zero-order valence-corrected chi connectivity index (χ0v) is 16.5. The Morgan fingerprint density at radius 2 is 1.74 bits per heavy atom. The van der Waals surface area contributed by atoms with E-state index < -0.39 is 10.0 Å². The number of carbonyl (C=O) groups is 1. The molecule has 140 valence electrons. The van der Waals surface area contributed by atoms with Gasteiger partial charge in [0.1, 0.15) is 4.88 Å². The molecule has 27 heavy (non-hydrogen) atoms. The van der Waals surface area contributed by atoms with E-state index in [1.807, 2.05) is 31.2 Å². The Balaban J connectivity index is 1.81. The molecule has 1 amide bonds. The van der Waals surface area contributed by atoms with Crippen LogP contribution in [0.4, 0.5) is 10.8 Å². The van der Waals surface area contributed by atoms with Crippen molar-refractivity contribution >= 4 is 38.1 Å². The first kappa shape index (κ1) is 19.1. The molecule has 0 spiro atoms. The van der Waals surface area contributed by atoms with E-state index in [0.717, 1.165) is 29.0 Å². The van der Waals surface area contributed by atoms with Gasteiger partial charge in [-0.15, -0.1) is 0 Å². The van der Waals surface area contributed by atoms with Crippen LogP contribution in [-0.2, 0) is 16.4 Å². The zero-order valence-electron chi connectivity index (χ0n) is 14.9. The van der Waals surface area contributed by atoms with Crippen molar-refractivity contribution in [1.82, 2.24) is 4.98 Å². The second-order valence-corrected chi connectivity index (χ2v) is 8.50. The number of thiazole rings is 1. The molecule has 0 atom stereocenters. The van der Waals surface area contributed by atoms with Crippen LogP contribution in [0.2, 0.25) is 0 Å². The minimum atomic E-state index is -3.75. The smallest absolute Gasteiger partial charge is 0.267 e. The van der Waals surface area contributed by atoms with E-state index in [1.165, 1.54) is 12.1 Å². The van der Waals surface area contributed by atoms with Gasteiger partial charge in [-0.2, -0.15) is 0 Å². The first-order valence-corrected chi connectivity index (χ1v) is 10.6. The highest BCUT2D eigenvalue weighted by Crippen LogP contribution is 2.26. The van der Waals surface area contributed by atoms with Crippen LogP contribution in [-0.4, -0.2) is 19.3 Å². The SMILES string of the molecule is CCc1ccccc1NC(=O)c1sc(NS(=O)(=O)c2ccccc2)nc1C. The largest absolute Gasteiger partial charge is 0.321 e. The third-order valence-corrected chi connectivity index (χ3v) is 6.48. The van der Waals surface area contributed by atoms with E-state index >= 15 is 0 Å². The molecule has 0 unspecified atom stereocenters. The highest BCUT2D eigenvalue weighted by molar-refractivity contribution is 7.93. The summed E-state index contributed by atoms with van der Waals surface area (Å²) in [5.41, 5.74) is 2.24. The zero-order chi connectivity index (χ0) is 19.4. The summed E-state index contributed by atoms with van der Waals surface area (Å²) in [5, 5.41) is 3.04. The second kappa shape index (κ2) is 7.89. The molecular weight excluding hydrogens is 382 g/mol. The van der Waals surface area contributed by atoms with Gasteiger partial charge in [0.25, 0.3) is 15.9 Å². The Bertz CT molecular complexity index is 1060. The minimum Gasteiger partial charge on any atom is -0.321 e. The maximum absolute atomic E-state index is 12.6. The summed E-state index contributed by atoms with van der Waals surface area (Å²) in [6.07, 6.45) is 0.792. The standard InChI is InChI=1S/C19H19N3O3S2/c1-3-14-9-7-8-12-16(14)21-18(23)17-13(2)20-19(26-17)22-27(24,25)15-10-5-4-6-11-15/h4-12H,3H2,1-2H3,(H,20,22)(H,21,23). The van der Waals surface area contributed by atoms with Crippen molar-refractivity contribution < 1.29 is 13.2 Å². The lowest BCUT2D eigenvalue weighted by Gasteiger charge is -2.08. The number of rotatable bonds is 6. The number of para-hydroxylation sites is 1. The molecule has 6 nitrogen and oxygen atoms in total. The molecular formula is C19H19N3O3S2. The van der Waals surface area contributed by atoms with E-state index in [9.17, 15) is 13.2 Å². The highest BCUT2D eigenvalue weighted by atomic mass is 32.2. The summed E-state index contributed by atoms with van der Waals surface area (Å²) in [7, 11) is -3.75. The molecule has 0 fully saturated rings. The molecule has 0 bridgehead atoms. The minimum absolute atomic E-state index is 0.140. The first-order valence-electron chi connectivity index (χ1n) is 8.35. The van der Waals surface area contributed by atoms with Gasteiger partial charge in [0.05, 0.1) is 10.6 Å². The van der Waals surface area contributed by atoms with Crippen LogP contribution < -0.4 is 10.0 Å². The van der Waals surface area contributed by atoms with Gasteiger partial charge in [-0.05, 0) is 37.1 Å². The normalized spacial score (nSPS) is 11.2. The third kappa shape index (κ3) is 4.35. The molecule has 0 radical (unpaired) electrons. The Labute approximate surface area is 162 Å². The van der Waals surface area contributed by atoms with Crippen molar-refractivity contribution in [2.45, 2.75) is 25.2 Å². The predicted molar refractivity (Wildman–Crippen MR) is 108 cm³/mol. The monoisotopic (exact) mass is 401 g/mol. The molecule has 1 aromatic heterocycles. The summed E-state index contributed by atoms with van der Waals surface area (Å²) >= 11 is 1.01. The van der Waals surface area contributed by atoms with Gasteiger partial charge < -0.3 is 5.32 Å².